The number of aromatic nitrogens is 1. The molecule has 1 aromatic heterocycles. The third-order valence-corrected chi connectivity index (χ3v) is 11.0. The van der Waals surface area contributed by atoms with Gasteiger partial charge in [0.05, 0.1) is 11.0 Å². The monoisotopic (exact) mass is 628 g/mol. The van der Waals surface area contributed by atoms with E-state index in [-0.39, 0.29) is 5.41 Å². The van der Waals surface area contributed by atoms with E-state index in [9.17, 15) is 0 Å². The lowest BCUT2D eigenvalue weighted by Gasteiger charge is -2.41. The van der Waals surface area contributed by atoms with Crippen molar-refractivity contribution in [1.82, 2.24) is 4.57 Å². The number of para-hydroxylation sites is 3. The van der Waals surface area contributed by atoms with Gasteiger partial charge in [0.1, 0.15) is 0 Å². The Hall–Kier alpha value is -5.86. The van der Waals surface area contributed by atoms with Crippen LogP contribution in [0.5, 0.6) is 0 Å². The molecule has 0 spiro atoms. The highest BCUT2D eigenvalue weighted by Crippen LogP contribution is 2.53. The highest BCUT2D eigenvalue weighted by Gasteiger charge is 2.34. The van der Waals surface area contributed by atoms with Gasteiger partial charge in [-0.3, -0.25) is 0 Å². The van der Waals surface area contributed by atoms with E-state index in [4.69, 9.17) is 0 Å². The van der Waals surface area contributed by atoms with Crippen molar-refractivity contribution >= 4 is 33.2 Å². The Labute approximate surface area is 287 Å². The molecule has 0 saturated carbocycles. The van der Waals surface area contributed by atoms with Gasteiger partial charge in [-0.1, -0.05) is 123 Å². The Morgan fingerprint density at radius 3 is 1.55 bits per heavy atom. The number of rotatable bonds is 2. The molecule has 0 unspecified atom stereocenters. The van der Waals surface area contributed by atoms with Gasteiger partial charge in [0.15, 0.2) is 0 Å². The third kappa shape index (κ3) is 4.20. The van der Waals surface area contributed by atoms with Crippen molar-refractivity contribution in [2.75, 3.05) is 11.4 Å². The van der Waals surface area contributed by atoms with Gasteiger partial charge in [-0.15, -0.1) is 0 Å². The molecule has 0 N–H and O–H groups in total. The second-order valence-electron chi connectivity index (χ2n) is 14.2. The second-order valence-corrected chi connectivity index (χ2v) is 14.2. The van der Waals surface area contributed by atoms with Crippen molar-refractivity contribution in [3.8, 4) is 50.2 Å². The molecule has 10 rings (SSSR count). The molecule has 1 aliphatic heterocycles. The SMILES string of the molecule is CC1(C)CCN(c2ccccc2)c2cc3c(cc21)-c1ccccc1-c1ccccc1-c1cc(-n2c4ccccc4c4ccccc42)ccc1-3. The van der Waals surface area contributed by atoms with Crippen molar-refractivity contribution < 1.29 is 0 Å². The molecule has 2 aliphatic rings. The van der Waals surface area contributed by atoms with Crippen molar-refractivity contribution in [3.63, 3.8) is 0 Å². The lowest BCUT2D eigenvalue weighted by molar-refractivity contribution is 0.467. The topological polar surface area (TPSA) is 8.17 Å². The van der Waals surface area contributed by atoms with Crippen LogP contribution in [0.25, 0.3) is 72.0 Å². The van der Waals surface area contributed by atoms with Gasteiger partial charge >= 0.3 is 0 Å². The van der Waals surface area contributed by atoms with Crippen LogP contribution in [0.4, 0.5) is 11.4 Å². The average Bonchev–Trinajstić information content (AvgIpc) is 3.48. The van der Waals surface area contributed by atoms with Gasteiger partial charge in [-0.2, -0.15) is 0 Å². The maximum atomic E-state index is 2.53. The molecule has 7 aromatic carbocycles. The van der Waals surface area contributed by atoms with Gasteiger partial charge in [0.25, 0.3) is 0 Å². The molecule has 0 fully saturated rings. The van der Waals surface area contributed by atoms with E-state index in [1.165, 1.54) is 88.9 Å². The van der Waals surface area contributed by atoms with Gasteiger partial charge in [-0.05, 0) is 110 Å². The molecule has 2 nitrogen and oxygen atoms in total. The summed E-state index contributed by atoms with van der Waals surface area (Å²) in [6, 6.07) is 58.6. The van der Waals surface area contributed by atoms with E-state index in [1.807, 2.05) is 0 Å². The molecule has 0 amide bonds. The molecule has 1 aliphatic carbocycles. The number of nitrogens with zero attached hydrogens (tertiary/aromatic N) is 2. The van der Waals surface area contributed by atoms with Gasteiger partial charge in [-0.25, -0.2) is 0 Å². The summed E-state index contributed by atoms with van der Waals surface area (Å²) in [7, 11) is 0. The summed E-state index contributed by atoms with van der Waals surface area (Å²) in [6.07, 6.45) is 1.09. The molecule has 8 aromatic rings. The van der Waals surface area contributed by atoms with Crippen molar-refractivity contribution in [2.24, 2.45) is 0 Å². The van der Waals surface area contributed by atoms with Crippen LogP contribution < -0.4 is 4.90 Å². The fourth-order valence-electron chi connectivity index (χ4n) is 8.56. The molecular weight excluding hydrogens is 593 g/mol. The first-order valence-corrected chi connectivity index (χ1v) is 17.4. The van der Waals surface area contributed by atoms with Crippen LogP contribution in [-0.2, 0) is 5.41 Å². The van der Waals surface area contributed by atoms with E-state index in [0.29, 0.717) is 0 Å². The van der Waals surface area contributed by atoms with Gasteiger partial charge < -0.3 is 9.47 Å². The Balaban J connectivity index is 1.30. The first-order chi connectivity index (χ1) is 24.1. The van der Waals surface area contributed by atoms with Crippen molar-refractivity contribution in [1.29, 1.82) is 0 Å². The Bertz CT molecular complexity index is 2530. The highest BCUT2D eigenvalue weighted by atomic mass is 15.1. The summed E-state index contributed by atoms with van der Waals surface area (Å²) in [5.41, 5.74) is 17.8. The summed E-state index contributed by atoms with van der Waals surface area (Å²) in [4.78, 5) is 2.53. The smallest absolute Gasteiger partial charge is 0.0541 e. The van der Waals surface area contributed by atoms with Crippen LogP contribution >= 0.6 is 0 Å². The molecule has 0 bridgehead atoms. The number of hydrogen-bond acceptors (Lipinski definition) is 1. The molecule has 234 valence electrons. The van der Waals surface area contributed by atoms with Crippen molar-refractivity contribution in [3.05, 3.63) is 163 Å². The largest absolute Gasteiger partial charge is 0.341 e. The number of benzene rings is 7. The normalized spacial score (nSPS) is 14.3. The lowest BCUT2D eigenvalue weighted by atomic mass is 9.73. The lowest BCUT2D eigenvalue weighted by Crippen LogP contribution is -2.34. The van der Waals surface area contributed by atoms with Crippen LogP contribution in [-0.4, -0.2) is 11.1 Å². The second kappa shape index (κ2) is 10.6. The Kier molecular flexibility index (Phi) is 6.08. The predicted octanol–water partition coefficient (Wildman–Crippen LogP) is 12.6. The van der Waals surface area contributed by atoms with Crippen LogP contribution in [0.3, 0.4) is 0 Å². The number of fused-ring (bicyclic) bond motifs is 12. The molecule has 2 heteroatoms. The maximum absolute atomic E-state index is 2.53. The van der Waals surface area contributed by atoms with Crippen molar-refractivity contribution in [2.45, 2.75) is 25.7 Å². The third-order valence-electron chi connectivity index (χ3n) is 11.0. The van der Waals surface area contributed by atoms with Crippen LogP contribution in [0.15, 0.2) is 158 Å². The molecule has 0 radical (unpaired) electrons. The molecular formula is C47H36N2. The van der Waals surface area contributed by atoms with E-state index in [0.717, 1.165) is 13.0 Å². The minimum atomic E-state index is 0.0497. The quantitative estimate of drug-likeness (QED) is 0.185. The molecule has 2 heterocycles. The zero-order valence-electron chi connectivity index (χ0n) is 27.8. The fraction of sp³-hybridized carbons (Fsp3) is 0.106. The zero-order valence-corrected chi connectivity index (χ0v) is 27.8. The predicted molar refractivity (Wildman–Crippen MR) is 207 cm³/mol. The Morgan fingerprint density at radius 1 is 0.429 bits per heavy atom. The first-order valence-electron chi connectivity index (χ1n) is 17.4. The summed E-state index contributed by atoms with van der Waals surface area (Å²) in [6.45, 7) is 5.81. The highest BCUT2D eigenvalue weighted by molar-refractivity contribution is 6.10. The van der Waals surface area contributed by atoms with Gasteiger partial charge in [0, 0.05) is 34.4 Å². The molecule has 49 heavy (non-hydrogen) atoms. The maximum Gasteiger partial charge on any atom is 0.0541 e. The van der Waals surface area contributed by atoms with Gasteiger partial charge in [0.2, 0.25) is 0 Å². The average molecular weight is 629 g/mol. The summed E-state index contributed by atoms with van der Waals surface area (Å²) < 4.78 is 2.44. The first kappa shape index (κ1) is 28.2. The van der Waals surface area contributed by atoms with E-state index in [2.05, 4.69) is 181 Å². The minimum absolute atomic E-state index is 0.0497. The zero-order chi connectivity index (χ0) is 32.7. The van der Waals surface area contributed by atoms with Crippen LogP contribution in [0.1, 0.15) is 25.8 Å². The van der Waals surface area contributed by atoms with E-state index in [1.54, 1.807) is 0 Å². The van der Waals surface area contributed by atoms with E-state index < -0.39 is 0 Å². The Morgan fingerprint density at radius 2 is 0.918 bits per heavy atom. The minimum Gasteiger partial charge on any atom is -0.341 e. The standard InChI is InChI=1S/C47H36N2/c1-47(2)26-27-48(31-14-4-3-5-15-31)46-30-42-37-25-24-32(49-44-22-12-10-20-38(44)39-21-11-13-23-45(39)49)28-40(37)35-18-8-6-16-33(35)34-17-7-9-19-36(34)41(42)29-43(46)47/h3-25,28-30H,26-27H2,1-2H3. The number of anilines is 2. The molecule has 0 saturated heterocycles. The number of hydrogen-bond donors (Lipinski definition) is 0. The van der Waals surface area contributed by atoms with Crippen LogP contribution in [0, 0.1) is 0 Å². The fourth-order valence-corrected chi connectivity index (χ4v) is 8.56. The molecule has 0 atom stereocenters. The van der Waals surface area contributed by atoms with E-state index >= 15 is 0 Å². The summed E-state index contributed by atoms with van der Waals surface area (Å²) in [5, 5.41) is 2.56. The summed E-state index contributed by atoms with van der Waals surface area (Å²) >= 11 is 0. The van der Waals surface area contributed by atoms with Crippen LogP contribution in [0.2, 0.25) is 0 Å². The summed E-state index contributed by atoms with van der Waals surface area (Å²) in [5.74, 6) is 0.